The Morgan fingerprint density at radius 1 is 1.67 bits per heavy atom. The van der Waals surface area contributed by atoms with Gasteiger partial charge in [-0.15, -0.1) is 0 Å². The molecule has 1 unspecified atom stereocenters. The zero-order chi connectivity index (χ0) is 9.14. The lowest BCUT2D eigenvalue weighted by Gasteiger charge is -2.19. The number of nitrogens with two attached hydrogens (primary N) is 2. The highest BCUT2D eigenvalue weighted by Crippen LogP contribution is 2.31. The number of halogens is 2. The third-order valence-electron chi connectivity index (χ3n) is 1.82. The largest absolute Gasteiger partial charge is 0.316 e. The van der Waals surface area contributed by atoms with Crippen LogP contribution in [0.15, 0.2) is 21.7 Å². The summed E-state index contributed by atoms with van der Waals surface area (Å²) in [5.74, 6) is 0.299. The van der Waals surface area contributed by atoms with E-state index < -0.39 is 0 Å². The van der Waals surface area contributed by atoms with E-state index in [1.165, 1.54) is 0 Å². The summed E-state index contributed by atoms with van der Waals surface area (Å²) < 4.78 is 1.04. The van der Waals surface area contributed by atoms with Crippen molar-refractivity contribution < 1.29 is 0 Å². The summed E-state index contributed by atoms with van der Waals surface area (Å²) in [5, 5.41) is 0.838. The van der Waals surface area contributed by atoms with Gasteiger partial charge in [0.05, 0.1) is 6.17 Å². The highest BCUT2D eigenvalue weighted by Gasteiger charge is 2.16. The van der Waals surface area contributed by atoms with E-state index in [1.807, 2.05) is 6.08 Å². The molecule has 0 fully saturated rings. The summed E-state index contributed by atoms with van der Waals surface area (Å²) >= 11 is 9.36. The summed E-state index contributed by atoms with van der Waals surface area (Å²) in [5.41, 5.74) is 11.0. The average molecular weight is 252 g/mol. The number of allylic oxidation sites excluding steroid dienone is 4. The smallest absolute Gasteiger partial charge is 0.0527 e. The zero-order valence-corrected chi connectivity index (χ0v) is 8.98. The fraction of sp³-hybridized carbons (Fsp3) is 0.500. The lowest BCUT2D eigenvalue weighted by atomic mass is 9.96. The molecule has 0 heterocycles. The van der Waals surface area contributed by atoms with Crippen LogP contribution < -0.4 is 11.5 Å². The Hall–Kier alpha value is 0.170. The third-order valence-corrected chi connectivity index (χ3v) is 2.79. The molecule has 1 aliphatic carbocycles. The fourth-order valence-electron chi connectivity index (χ4n) is 1.21. The second kappa shape index (κ2) is 4.42. The maximum absolute atomic E-state index is 6.00. The van der Waals surface area contributed by atoms with E-state index in [2.05, 4.69) is 22.0 Å². The van der Waals surface area contributed by atoms with Crippen LogP contribution in [-0.4, -0.2) is 6.17 Å². The van der Waals surface area contributed by atoms with E-state index >= 15 is 0 Å². The van der Waals surface area contributed by atoms with Crippen molar-refractivity contribution in [3.05, 3.63) is 21.7 Å². The molecule has 4 N–H and O–H groups in total. The van der Waals surface area contributed by atoms with Crippen LogP contribution in [0, 0.1) is 5.92 Å². The first-order valence-electron chi connectivity index (χ1n) is 3.83. The lowest BCUT2D eigenvalue weighted by Crippen LogP contribution is -2.33. The number of hydrogen-bond donors (Lipinski definition) is 2. The van der Waals surface area contributed by atoms with Crippen LogP contribution in [0.2, 0.25) is 0 Å². The topological polar surface area (TPSA) is 52.0 Å². The van der Waals surface area contributed by atoms with Gasteiger partial charge in [-0.3, -0.25) is 0 Å². The SMILES string of the molecule is NC(N)CC1CC=C(Br)C=C1Cl. The summed E-state index contributed by atoms with van der Waals surface area (Å²) in [4.78, 5) is 0. The van der Waals surface area contributed by atoms with Gasteiger partial charge in [-0.2, -0.15) is 0 Å². The monoisotopic (exact) mass is 250 g/mol. The quantitative estimate of drug-likeness (QED) is 0.738. The van der Waals surface area contributed by atoms with Crippen LogP contribution in [0.3, 0.4) is 0 Å². The predicted molar refractivity (Wildman–Crippen MR) is 55.8 cm³/mol. The first-order chi connectivity index (χ1) is 5.59. The molecular weight excluding hydrogens is 239 g/mol. The Labute approximate surface area is 85.8 Å². The predicted octanol–water partition coefficient (Wildman–Crippen LogP) is 2.04. The van der Waals surface area contributed by atoms with E-state index in [1.54, 1.807) is 0 Å². The third kappa shape index (κ3) is 2.90. The first kappa shape index (κ1) is 10.3. The summed E-state index contributed by atoms with van der Waals surface area (Å²) in [6, 6.07) is 0. The van der Waals surface area contributed by atoms with Gasteiger partial charge < -0.3 is 11.5 Å². The van der Waals surface area contributed by atoms with Crippen LogP contribution in [0.5, 0.6) is 0 Å². The molecule has 12 heavy (non-hydrogen) atoms. The van der Waals surface area contributed by atoms with E-state index in [4.69, 9.17) is 23.1 Å². The van der Waals surface area contributed by atoms with Gasteiger partial charge in [0.2, 0.25) is 0 Å². The molecule has 0 amide bonds. The molecule has 1 atom stereocenters. The first-order valence-corrected chi connectivity index (χ1v) is 5.00. The molecule has 1 rings (SSSR count). The Balaban J connectivity index is 2.56. The van der Waals surface area contributed by atoms with Crippen molar-refractivity contribution in [2.24, 2.45) is 17.4 Å². The number of rotatable bonds is 2. The van der Waals surface area contributed by atoms with E-state index in [0.717, 1.165) is 22.4 Å². The standard InChI is InChI=1S/C8H12BrClN2/c9-6-2-1-5(3-8(11)12)7(10)4-6/h2,4-5,8H,1,3,11-12H2. The molecule has 68 valence electrons. The van der Waals surface area contributed by atoms with Crippen LogP contribution in [0.1, 0.15) is 12.8 Å². The maximum atomic E-state index is 6.00. The molecule has 0 radical (unpaired) electrons. The molecule has 4 heteroatoms. The van der Waals surface area contributed by atoms with Crippen molar-refractivity contribution in [2.45, 2.75) is 19.0 Å². The highest BCUT2D eigenvalue weighted by molar-refractivity contribution is 9.11. The summed E-state index contributed by atoms with van der Waals surface area (Å²) in [7, 11) is 0. The van der Waals surface area contributed by atoms with Crippen molar-refractivity contribution in [2.75, 3.05) is 0 Å². The van der Waals surface area contributed by atoms with Crippen LogP contribution >= 0.6 is 27.5 Å². The minimum atomic E-state index is -0.276. The number of hydrogen-bond acceptors (Lipinski definition) is 2. The molecule has 0 aliphatic heterocycles. The van der Waals surface area contributed by atoms with Gasteiger partial charge in [0.25, 0.3) is 0 Å². The lowest BCUT2D eigenvalue weighted by molar-refractivity contribution is 0.507. The van der Waals surface area contributed by atoms with Crippen molar-refractivity contribution in [1.29, 1.82) is 0 Å². The van der Waals surface area contributed by atoms with E-state index in [9.17, 15) is 0 Å². The fourth-order valence-corrected chi connectivity index (χ4v) is 2.07. The van der Waals surface area contributed by atoms with Gasteiger partial charge >= 0.3 is 0 Å². The Morgan fingerprint density at radius 2 is 2.33 bits per heavy atom. The molecule has 2 nitrogen and oxygen atoms in total. The maximum Gasteiger partial charge on any atom is 0.0527 e. The molecule has 1 aliphatic rings. The molecule has 0 aromatic carbocycles. The van der Waals surface area contributed by atoms with Gasteiger partial charge in [0.1, 0.15) is 0 Å². The minimum absolute atomic E-state index is 0.276. The zero-order valence-electron chi connectivity index (χ0n) is 6.63. The Morgan fingerprint density at radius 3 is 2.83 bits per heavy atom. The van der Waals surface area contributed by atoms with E-state index in [0.29, 0.717) is 5.92 Å². The van der Waals surface area contributed by atoms with Gasteiger partial charge in [-0.25, -0.2) is 0 Å². The Kier molecular flexibility index (Phi) is 3.77. The molecule has 0 bridgehead atoms. The van der Waals surface area contributed by atoms with Gasteiger partial charge in [0, 0.05) is 15.4 Å². The van der Waals surface area contributed by atoms with Crippen molar-refractivity contribution in [1.82, 2.24) is 0 Å². The molecule has 0 spiro atoms. The van der Waals surface area contributed by atoms with Crippen LogP contribution in [0.25, 0.3) is 0 Å². The van der Waals surface area contributed by atoms with Gasteiger partial charge in [-0.05, 0) is 18.9 Å². The van der Waals surface area contributed by atoms with Crippen molar-refractivity contribution in [3.8, 4) is 0 Å². The minimum Gasteiger partial charge on any atom is -0.316 e. The van der Waals surface area contributed by atoms with Crippen LogP contribution in [-0.2, 0) is 0 Å². The second-order valence-corrected chi connectivity index (χ2v) is 4.30. The Bertz CT molecular complexity index is 223. The second-order valence-electron chi connectivity index (χ2n) is 2.95. The van der Waals surface area contributed by atoms with Gasteiger partial charge in [-0.1, -0.05) is 33.6 Å². The molecule has 0 aromatic rings. The highest BCUT2D eigenvalue weighted by atomic mass is 79.9. The molecular formula is C8H12BrClN2. The van der Waals surface area contributed by atoms with Gasteiger partial charge in [0.15, 0.2) is 0 Å². The van der Waals surface area contributed by atoms with E-state index in [-0.39, 0.29) is 6.17 Å². The van der Waals surface area contributed by atoms with Crippen LogP contribution in [0.4, 0.5) is 0 Å². The molecule has 0 saturated carbocycles. The molecule has 0 aromatic heterocycles. The van der Waals surface area contributed by atoms with Crippen molar-refractivity contribution >= 4 is 27.5 Å². The summed E-state index contributed by atoms with van der Waals surface area (Å²) in [6.07, 6.45) is 5.37. The average Bonchev–Trinajstić information content (AvgIpc) is 1.94. The molecule has 0 saturated heterocycles. The van der Waals surface area contributed by atoms with Crippen molar-refractivity contribution in [3.63, 3.8) is 0 Å². The summed E-state index contributed by atoms with van der Waals surface area (Å²) in [6.45, 7) is 0. The normalized spacial score (nSPS) is 23.9.